The van der Waals surface area contributed by atoms with Crippen molar-refractivity contribution in [3.63, 3.8) is 0 Å². The lowest BCUT2D eigenvalue weighted by atomic mass is 9.46. The van der Waals surface area contributed by atoms with Crippen LogP contribution in [0.2, 0.25) is 0 Å². The Kier molecular flexibility index (Phi) is 3.01. The predicted molar refractivity (Wildman–Crippen MR) is 84.2 cm³/mol. The van der Waals surface area contributed by atoms with E-state index < -0.39 is 5.60 Å². The highest BCUT2D eigenvalue weighted by Crippen LogP contribution is 2.66. The molecule has 22 heavy (non-hydrogen) atoms. The largest absolute Gasteiger partial charge is 0.392 e. The van der Waals surface area contributed by atoms with Crippen molar-refractivity contribution in [3.05, 3.63) is 11.6 Å². The SMILES string of the molecule is C[C@]12CCC(=O)C=C1CC[C@@H]1[C@@H]2CC[C@]2(C)[C@@H](O)CC[C@@]12O. The van der Waals surface area contributed by atoms with Crippen molar-refractivity contribution in [2.45, 2.75) is 76.9 Å². The first-order valence-electron chi connectivity index (χ1n) is 8.96. The van der Waals surface area contributed by atoms with Crippen LogP contribution < -0.4 is 0 Å². The summed E-state index contributed by atoms with van der Waals surface area (Å²) >= 11 is 0. The van der Waals surface area contributed by atoms with Gasteiger partial charge in [0, 0.05) is 11.8 Å². The second-order valence-electron chi connectivity index (χ2n) is 8.74. The number of aliphatic hydroxyl groups excluding tert-OH is 1. The molecule has 0 aromatic carbocycles. The minimum absolute atomic E-state index is 0.0848. The van der Waals surface area contributed by atoms with E-state index in [4.69, 9.17) is 0 Å². The predicted octanol–water partition coefficient (Wildman–Crippen LogP) is 2.99. The van der Waals surface area contributed by atoms with Crippen LogP contribution >= 0.6 is 0 Å². The monoisotopic (exact) mass is 304 g/mol. The van der Waals surface area contributed by atoms with Crippen LogP contribution in [-0.4, -0.2) is 27.7 Å². The molecule has 3 nitrogen and oxygen atoms in total. The van der Waals surface area contributed by atoms with Crippen LogP contribution in [0.15, 0.2) is 11.6 Å². The van der Waals surface area contributed by atoms with E-state index in [1.54, 1.807) is 0 Å². The normalized spacial score (nSPS) is 54.3. The summed E-state index contributed by atoms with van der Waals surface area (Å²) in [7, 11) is 0. The molecule has 3 heteroatoms. The average molecular weight is 304 g/mol. The summed E-state index contributed by atoms with van der Waals surface area (Å²) in [6.45, 7) is 4.42. The Hall–Kier alpha value is -0.670. The highest BCUT2D eigenvalue weighted by molar-refractivity contribution is 5.91. The first kappa shape index (κ1) is 14.9. The van der Waals surface area contributed by atoms with Gasteiger partial charge in [-0.25, -0.2) is 0 Å². The highest BCUT2D eigenvalue weighted by Gasteiger charge is 2.66. The highest BCUT2D eigenvalue weighted by atomic mass is 16.3. The Morgan fingerprint density at radius 3 is 2.59 bits per heavy atom. The Balaban J connectivity index is 1.74. The van der Waals surface area contributed by atoms with Crippen molar-refractivity contribution < 1.29 is 15.0 Å². The molecule has 2 N–H and O–H groups in total. The molecule has 0 aromatic rings. The lowest BCUT2D eigenvalue weighted by molar-refractivity contribution is -0.192. The van der Waals surface area contributed by atoms with E-state index in [1.807, 2.05) is 6.08 Å². The van der Waals surface area contributed by atoms with Crippen LogP contribution in [0.4, 0.5) is 0 Å². The van der Waals surface area contributed by atoms with E-state index in [2.05, 4.69) is 13.8 Å². The third-order valence-corrected chi connectivity index (χ3v) is 8.10. The molecule has 0 amide bonds. The van der Waals surface area contributed by atoms with Gasteiger partial charge in [0.15, 0.2) is 5.78 Å². The number of hydrogen-bond donors (Lipinski definition) is 2. The van der Waals surface area contributed by atoms with Gasteiger partial charge in [-0.05, 0) is 68.3 Å². The Morgan fingerprint density at radius 2 is 1.82 bits per heavy atom. The van der Waals surface area contributed by atoms with Crippen LogP contribution in [0.5, 0.6) is 0 Å². The zero-order chi connectivity index (χ0) is 15.8. The fourth-order valence-corrected chi connectivity index (χ4v) is 6.50. The lowest BCUT2D eigenvalue weighted by Gasteiger charge is -2.61. The summed E-state index contributed by atoms with van der Waals surface area (Å²) in [5.74, 6) is 1.02. The number of ketones is 1. The van der Waals surface area contributed by atoms with Gasteiger partial charge in [-0.15, -0.1) is 0 Å². The molecule has 0 bridgehead atoms. The van der Waals surface area contributed by atoms with E-state index in [1.165, 1.54) is 5.57 Å². The zero-order valence-corrected chi connectivity index (χ0v) is 13.8. The molecule has 0 heterocycles. The van der Waals surface area contributed by atoms with Crippen LogP contribution in [0.25, 0.3) is 0 Å². The minimum atomic E-state index is -0.717. The van der Waals surface area contributed by atoms with Gasteiger partial charge >= 0.3 is 0 Å². The Bertz CT molecular complexity index is 553. The number of rotatable bonds is 0. The summed E-state index contributed by atoms with van der Waals surface area (Å²) in [5.41, 5.74) is 0.360. The number of hydrogen-bond acceptors (Lipinski definition) is 3. The topological polar surface area (TPSA) is 57.5 Å². The van der Waals surface area contributed by atoms with E-state index >= 15 is 0 Å². The maximum atomic E-state index is 11.8. The molecule has 3 saturated carbocycles. The third-order valence-electron chi connectivity index (χ3n) is 8.10. The summed E-state index contributed by atoms with van der Waals surface area (Å²) in [6.07, 6.45) is 8.49. The molecule has 4 rings (SSSR count). The van der Waals surface area contributed by atoms with Crippen LogP contribution in [0.1, 0.15) is 65.2 Å². The van der Waals surface area contributed by atoms with E-state index in [-0.39, 0.29) is 28.6 Å². The third kappa shape index (κ3) is 1.62. The van der Waals surface area contributed by atoms with Crippen molar-refractivity contribution >= 4 is 5.78 Å². The fraction of sp³-hybridized carbons (Fsp3) is 0.842. The van der Waals surface area contributed by atoms with Gasteiger partial charge in [-0.2, -0.15) is 0 Å². The maximum absolute atomic E-state index is 11.8. The van der Waals surface area contributed by atoms with Gasteiger partial charge in [-0.1, -0.05) is 19.4 Å². The molecule has 4 aliphatic carbocycles. The van der Waals surface area contributed by atoms with Crippen LogP contribution in [0, 0.1) is 22.7 Å². The lowest BCUT2D eigenvalue weighted by Crippen LogP contribution is -2.61. The van der Waals surface area contributed by atoms with Crippen molar-refractivity contribution in [2.75, 3.05) is 0 Å². The number of aliphatic hydroxyl groups is 2. The number of allylic oxidation sites excluding steroid dienone is 1. The molecule has 0 aliphatic heterocycles. The van der Waals surface area contributed by atoms with Gasteiger partial charge in [0.1, 0.15) is 0 Å². The summed E-state index contributed by atoms with van der Waals surface area (Å²) in [5, 5.41) is 22.0. The quantitative estimate of drug-likeness (QED) is 0.723. The van der Waals surface area contributed by atoms with Crippen molar-refractivity contribution in [1.82, 2.24) is 0 Å². The second kappa shape index (κ2) is 4.45. The molecule has 4 aliphatic rings. The molecular formula is C19H28O3. The van der Waals surface area contributed by atoms with Gasteiger partial charge in [0.05, 0.1) is 11.7 Å². The van der Waals surface area contributed by atoms with Gasteiger partial charge in [-0.3, -0.25) is 4.79 Å². The van der Waals surface area contributed by atoms with Gasteiger partial charge in [0.2, 0.25) is 0 Å². The number of fused-ring (bicyclic) bond motifs is 5. The molecule has 0 saturated heterocycles. The van der Waals surface area contributed by atoms with E-state index in [9.17, 15) is 15.0 Å². The standard InChI is InChI=1S/C19H28O3/c1-17-8-5-13(20)11-12(17)3-4-15-14(17)6-9-18(2)16(21)7-10-19(15,18)22/h11,14-16,21-22H,3-10H2,1-2H3/t14-,15+,16-,17-,18+,19+/m0/s1. The molecular weight excluding hydrogens is 276 g/mol. The summed E-state index contributed by atoms with van der Waals surface area (Å²) in [6, 6.07) is 0. The summed E-state index contributed by atoms with van der Waals surface area (Å²) in [4.78, 5) is 11.8. The Morgan fingerprint density at radius 1 is 1.05 bits per heavy atom. The summed E-state index contributed by atoms with van der Waals surface area (Å²) < 4.78 is 0. The van der Waals surface area contributed by atoms with Crippen LogP contribution in [-0.2, 0) is 4.79 Å². The molecule has 0 radical (unpaired) electrons. The smallest absolute Gasteiger partial charge is 0.155 e. The number of carbonyl (C=O) groups excluding carboxylic acids is 1. The maximum Gasteiger partial charge on any atom is 0.155 e. The van der Waals surface area contributed by atoms with Crippen molar-refractivity contribution in [3.8, 4) is 0 Å². The van der Waals surface area contributed by atoms with E-state index in [0.717, 1.165) is 44.9 Å². The Labute approximate surface area is 132 Å². The van der Waals surface area contributed by atoms with Crippen molar-refractivity contribution in [2.24, 2.45) is 22.7 Å². The van der Waals surface area contributed by atoms with E-state index in [0.29, 0.717) is 12.3 Å². The van der Waals surface area contributed by atoms with Crippen LogP contribution in [0.3, 0.4) is 0 Å². The number of carbonyl (C=O) groups is 1. The zero-order valence-electron chi connectivity index (χ0n) is 13.8. The van der Waals surface area contributed by atoms with Crippen molar-refractivity contribution in [1.29, 1.82) is 0 Å². The second-order valence-corrected chi connectivity index (χ2v) is 8.74. The average Bonchev–Trinajstić information content (AvgIpc) is 2.72. The fourth-order valence-electron chi connectivity index (χ4n) is 6.50. The molecule has 0 aromatic heterocycles. The first-order chi connectivity index (χ1) is 10.3. The van der Waals surface area contributed by atoms with Gasteiger partial charge < -0.3 is 10.2 Å². The molecule has 6 atom stereocenters. The molecule has 0 unspecified atom stereocenters. The molecule has 3 fully saturated rings. The molecule has 122 valence electrons. The molecule has 0 spiro atoms. The minimum Gasteiger partial charge on any atom is -0.392 e. The van der Waals surface area contributed by atoms with Gasteiger partial charge in [0.25, 0.3) is 0 Å². The first-order valence-corrected chi connectivity index (χ1v) is 8.96.